The SMILES string of the molecule is COc1ccc(S(=O)(=O)N2CCC(NC(=O)/C=C/c3ccc(F)cc3)CC2)cc1. The maximum atomic E-state index is 12.9. The van der Waals surface area contributed by atoms with E-state index in [2.05, 4.69) is 5.32 Å². The van der Waals surface area contributed by atoms with Crippen molar-refractivity contribution in [3.63, 3.8) is 0 Å². The van der Waals surface area contributed by atoms with Gasteiger partial charge in [0.05, 0.1) is 12.0 Å². The highest BCUT2D eigenvalue weighted by atomic mass is 32.2. The van der Waals surface area contributed by atoms with Crippen LogP contribution < -0.4 is 10.1 Å². The molecule has 0 radical (unpaired) electrons. The normalized spacial score (nSPS) is 16.1. The van der Waals surface area contributed by atoms with E-state index >= 15 is 0 Å². The molecule has 1 aliphatic rings. The number of hydrogen-bond acceptors (Lipinski definition) is 4. The van der Waals surface area contributed by atoms with Crippen molar-refractivity contribution in [3.8, 4) is 5.75 Å². The lowest BCUT2D eigenvalue weighted by Gasteiger charge is -2.31. The Kier molecular flexibility index (Phi) is 6.66. The molecule has 0 aromatic heterocycles. The number of nitrogens with zero attached hydrogens (tertiary/aromatic N) is 1. The van der Waals surface area contributed by atoms with Crippen LogP contribution >= 0.6 is 0 Å². The standard InChI is InChI=1S/C21H23FN2O4S/c1-28-19-7-9-20(10-8-19)29(26,27)24-14-12-18(13-15-24)23-21(25)11-4-16-2-5-17(22)6-3-16/h2-11,18H,12-15H2,1H3,(H,23,25)/b11-4+. The molecule has 2 aromatic carbocycles. The largest absolute Gasteiger partial charge is 0.497 e. The average Bonchev–Trinajstić information content (AvgIpc) is 2.74. The van der Waals surface area contributed by atoms with E-state index in [4.69, 9.17) is 4.74 Å². The molecule has 0 saturated carbocycles. The molecule has 8 heteroatoms. The third-order valence-electron chi connectivity index (χ3n) is 4.79. The first-order valence-electron chi connectivity index (χ1n) is 9.27. The molecule has 3 rings (SSSR count). The second kappa shape index (κ2) is 9.19. The summed E-state index contributed by atoms with van der Waals surface area (Å²) in [7, 11) is -2.04. The molecule has 1 heterocycles. The zero-order chi connectivity index (χ0) is 20.9. The van der Waals surface area contributed by atoms with E-state index in [0.29, 0.717) is 31.7 Å². The molecule has 6 nitrogen and oxygen atoms in total. The number of nitrogens with one attached hydrogen (secondary N) is 1. The van der Waals surface area contributed by atoms with Crippen molar-refractivity contribution in [2.75, 3.05) is 20.2 Å². The highest BCUT2D eigenvalue weighted by Crippen LogP contribution is 2.22. The molecular weight excluding hydrogens is 395 g/mol. The summed E-state index contributed by atoms with van der Waals surface area (Å²) in [6.45, 7) is 0.669. The van der Waals surface area contributed by atoms with Crippen molar-refractivity contribution in [2.24, 2.45) is 0 Å². The minimum Gasteiger partial charge on any atom is -0.497 e. The molecule has 0 atom stereocenters. The van der Waals surface area contributed by atoms with E-state index < -0.39 is 10.0 Å². The van der Waals surface area contributed by atoms with Gasteiger partial charge in [0.25, 0.3) is 0 Å². The van der Waals surface area contributed by atoms with Crippen molar-refractivity contribution in [3.05, 3.63) is 66.0 Å². The van der Waals surface area contributed by atoms with Gasteiger partial charge < -0.3 is 10.1 Å². The summed E-state index contributed by atoms with van der Waals surface area (Å²) in [6.07, 6.45) is 4.07. The molecule has 1 saturated heterocycles. The number of amides is 1. The Labute approximate surface area is 170 Å². The van der Waals surface area contributed by atoms with Gasteiger partial charge in [-0.2, -0.15) is 4.31 Å². The molecule has 0 unspecified atom stereocenters. The molecule has 0 spiro atoms. The third-order valence-corrected chi connectivity index (χ3v) is 6.71. The van der Waals surface area contributed by atoms with E-state index in [1.54, 1.807) is 30.3 Å². The topological polar surface area (TPSA) is 75.7 Å². The smallest absolute Gasteiger partial charge is 0.244 e. The van der Waals surface area contributed by atoms with Gasteiger partial charge in [-0.3, -0.25) is 4.79 Å². The van der Waals surface area contributed by atoms with Gasteiger partial charge >= 0.3 is 0 Å². The van der Waals surface area contributed by atoms with Crippen molar-refractivity contribution in [2.45, 2.75) is 23.8 Å². The minimum absolute atomic E-state index is 0.0947. The van der Waals surface area contributed by atoms with Crippen LogP contribution in [0.15, 0.2) is 59.5 Å². The first-order valence-corrected chi connectivity index (χ1v) is 10.7. The second-order valence-corrected chi connectivity index (χ2v) is 8.69. The lowest BCUT2D eigenvalue weighted by atomic mass is 10.1. The number of benzene rings is 2. The minimum atomic E-state index is -3.57. The molecular formula is C21H23FN2O4S. The Balaban J connectivity index is 1.52. The van der Waals surface area contributed by atoms with Gasteiger partial charge in [-0.05, 0) is 60.9 Å². The molecule has 154 valence electrons. The van der Waals surface area contributed by atoms with Gasteiger partial charge in [0.15, 0.2) is 0 Å². The zero-order valence-corrected chi connectivity index (χ0v) is 16.9. The van der Waals surface area contributed by atoms with Crippen molar-refractivity contribution in [1.29, 1.82) is 0 Å². The molecule has 0 aliphatic carbocycles. The first kappa shape index (κ1) is 21.0. The number of hydrogen-bond donors (Lipinski definition) is 1. The third kappa shape index (κ3) is 5.42. The fourth-order valence-corrected chi connectivity index (χ4v) is 4.60. The predicted molar refractivity (Wildman–Crippen MR) is 108 cm³/mol. The number of sulfonamides is 1. The van der Waals surface area contributed by atoms with Gasteiger partial charge in [0.1, 0.15) is 11.6 Å². The van der Waals surface area contributed by atoms with E-state index in [9.17, 15) is 17.6 Å². The number of rotatable bonds is 6. The summed E-state index contributed by atoms with van der Waals surface area (Å²) >= 11 is 0. The maximum absolute atomic E-state index is 12.9. The van der Waals surface area contributed by atoms with E-state index in [-0.39, 0.29) is 22.7 Å². The lowest BCUT2D eigenvalue weighted by Crippen LogP contribution is -2.46. The first-order chi connectivity index (χ1) is 13.9. The van der Waals surface area contributed by atoms with Crippen LogP contribution in [0.3, 0.4) is 0 Å². The van der Waals surface area contributed by atoms with Gasteiger partial charge in [-0.1, -0.05) is 12.1 Å². The highest BCUT2D eigenvalue weighted by Gasteiger charge is 2.29. The number of ether oxygens (including phenoxy) is 1. The predicted octanol–water partition coefficient (Wildman–Crippen LogP) is 2.82. The second-order valence-electron chi connectivity index (χ2n) is 6.75. The quantitative estimate of drug-likeness (QED) is 0.732. The van der Waals surface area contributed by atoms with Crippen LogP contribution in [0, 0.1) is 5.82 Å². The maximum Gasteiger partial charge on any atom is 0.244 e. The molecule has 29 heavy (non-hydrogen) atoms. The summed E-state index contributed by atoms with van der Waals surface area (Å²) in [5, 5.41) is 2.89. The van der Waals surface area contributed by atoms with Crippen LogP contribution in [-0.4, -0.2) is 44.9 Å². The fourth-order valence-electron chi connectivity index (χ4n) is 3.13. The van der Waals surface area contributed by atoms with Gasteiger partial charge in [0, 0.05) is 25.2 Å². The van der Waals surface area contributed by atoms with Crippen LogP contribution in [0.2, 0.25) is 0 Å². The van der Waals surface area contributed by atoms with Gasteiger partial charge in [-0.15, -0.1) is 0 Å². The van der Waals surface area contributed by atoms with Crippen LogP contribution in [0.1, 0.15) is 18.4 Å². The van der Waals surface area contributed by atoms with E-state index in [1.165, 1.54) is 41.8 Å². The number of carbonyl (C=O) groups is 1. The Bertz CT molecular complexity index is 965. The molecule has 1 N–H and O–H groups in total. The summed E-state index contributed by atoms with van der Waals surface area (Å²) in [5.41, 5.74) is 0.724. The van der Waals surface area contributed by atoms with Crippen molar-refractivity contribution >= 4 is 22.0 Å². The molecule has 1 aliphatic heterocycles. The zero-order valence-electron chi connectivity index (χ0n) is 16.0. The van der Waals surface area contributed by atoms with E-state index in [1.807, 2.05) is 0 Å². The number of methoxy groups -OCH3 is 1. The molecule has 2 aromatic rings. The lowest BCUT2D eigenvalue weighted by molar-refractivity contribution is -0.117. The fraction of sp³-hybridized carbons (Fsp3) is 0.286. The summed E-state index contributed by atoms with van der Waals surface area (Å²) < 4.78 is 44.9. The Hall–Kier alpha value is -2.71. The monoisotopic (exact) mass is 418 g/mol. The molecule has 0 bridgehead atoms. The van der Waals surface area contributed by atoms with Crippen molar-refractivity contribution < 1.29 is 22.3 Å². The van der Waals surface area contributed by atoms with Crippen LogP contribution in [0.4, 0.5) is 4.39 Å². The summed E-state index contributed by atoms with van der Waals surface area (Å²) in [4.78, 5) is 12.3. The number of halogens is 1. The van der Waals surface area contributed by atoms with Crippen LogP contribution in [0.25, 0.3) is 6.08 Å². The van der Waals surface area contributed by atoms with Crippen molar-refractivity contribution in [1.82, 2.24) is 9.62 Å². The van der Waals surface area contributed by atoms with Crippen LogP contribution in [0.5, 0.6) is 5.75 Å². The Morgan fingerprint density at radius 3 is 2.31 bits per heavy atom. The number of carbonyl (C=O) groups excluding carboxylic acids is 1. The molecule has 1 amide bonds. The Morgan fingerprint density at radius 2 is 1.72 bits per heavy atom. The number of piperidine rings is 1. The average molecular weight is 418 g/mol. The summed E-state index contributed by atoms with van der Waals surface area (Å²) in [5.74, 6) is 0.00722. The molecule has 1 fully saturated rings. The van der Waals surface area contributed by atoms with E-state index in [0.717, 1.165) is 5.56 Å². The summed E-state index contributed by atoms with van der Waals surface area (Å²) in [6, 6.07) is 12.0. The van der Waals surface area contributed by atoms with Gasteiger partial charge in [-0.25, -0.2) is 12.8 Å². The van der Waals surface area contributed by atoms with Crippen LogP contribution in [-0.2, 0) is 14.8 Å². The Morgan fingerprint density at radius 1 is 1.10 bits per heavy atom. The van der Waals surface area contributed by atoms with Gasteiger partial charge in [0.2, 0.25) is 15.9 Å². The highest BCUT2D eigenvalue weighted by molar-refractivity contribution is 7.89.